The Labute approximate surface area is 197 Å². The van der Waals surface area contributed by atoms with Gasteiger partial charge >= 0.3 is 18.4 Å². The number of anilines is 1. The van der Waals surface area contributed by atoms with Crippen molar-refractivity contribution >= 4 is 23.4 Å². The molecule has 3 aliphatic rings. The van der Waals surface area contributed by atoms with Crippen LogP contribution in [-0.2, 0) is 16.0 Å². The number of carbonyl (C=O) groups excluding carboxylic acids is 1. The van der Waals surface area contributed by atoms with E-state index in [2.05, 4.69) is 9.64 Å². The van der Waals surface area contributed by atoms with Crippen LogP contribution in [0.15, 0.2) is 18.2 Å². The van der Waals surface area contributed by atoms with Crippen molar-refractivity contribution < 1.29 is 40.6 Å². The number of amides is 1. The summed E-state index contributed by atoms with van der Waals surface area (Å²) >= 11 is 6.24. The van der Waals surface area contributed by atoms with Crippen LogP contribution in [0.2, 0.25) is 5.02 Å². The molecule has 2 atom stereocenters. The van der Waals surface area contributed by atoms with E-state index in [0.717, 1.165) is 42.1 Å². The van der Waals surface area contributed by atoms with Gasteiger partial charge in [0.05, 0.1) is 12.2 Å². The molecule has 3 fully saturated rings. The average Bonchev–Trinajstić information content (AvgIpc) is 3.09. The third-order valence-electron chi connectivity index (χ3n) is 6.27. The molecular formula is C21H24ClF6N3O3. The standard InChI is InChI=1S/C21H24ClF6N3O3/c22-14-2-1-13(17(9-14)31-11-15-3-4-16(12-31)33-15)10-29-5-7-30(8-6-29)19(32)34-18(20(23,24)25)21(26,27)28/h1-2,9,15-16,18H,3-8,10-12H2. The lowest BCUT2D eigenvalue weighted by Gasteiger charge is -2.37. The summed E-state index contributed by atoms with van der Waals surface area (Å²) in [5.74, 6) is 0. The second-order valence-electron chi connectivity index (χ2n) is 8.75. The maximum atomic E-state index is 12.7. The molecule has 4 rings (SSSR count). The first kappa shape index (κ1) is 25.2. The summed E-state index contributed by atoms with van der Waals surface area (Å²) in [7, 11) is 0. The number of rotatable bonds is 4. The number of nitrogens with zero attached hydrogens (tertiary/aromatic N) is 3. The molecule has 34 heavy (non-hydrogen) atoms. The van der Waals surface area contributed by atoms with Crippen molar-refractivity contribution in [2.24, 2.45) is 0 Å². The Hall–Kier alpha value is -1.92. The number of piperazine rings is 1. The normalized spacial score (nSPS) is 24.1. The molecule has 0 aliphatic carbocycles. The molecule has 0 saturated carbocycles. The second-order valence-corrected chi connectivity index (χ2v) is 9.18. The summed E-state index contributed by atoms with van der Waals surface area (Å²) < 4.78 is 85.7. The van der Waals surface area contributed by atoms with E-state index in [1.807, 2.05) is 17.0 Å². The monoisotopic (exact) mass is 515 g/mol. The van der Waals surface area contributed by atoms with Crippen LogP contribution in [0, 0.1) is 0 Å². The Balaban J connectivity index is 1.36. The maximum absolute atomic E-state index is 12.7. The van der Waals surface area contributed by atoms with Crippen LogP contribution in [0.4, 0.5) is 36.8 Å². The van der Waals surface area contributed by atoms with Crippen molar-refractivity contribution in [1.82, 2.24) is 9.80 Å². The maximum Gasteiger partial charge on any atom is 0.434 e. The van der Waals surface area contributed by atoms with Crippen LogP contribution in [-0.4, -0.2) is 85.8 Å². The number of alkyl halides is 6. The zero-order chi connectivity index (χ0) is 24.7. The molecule has 1 aromatic carbocycles. The molecule has 13 heteroatoms. The fourth-order valence-electron chi connectivity index (χ4n) is 4.60. The van der Waals surface area contributed by atoms with E-state index in [0.29, 0.717) is 11.6 Å². The van der Waals surface area contributed by atoms with Gasteiger partial charge in [0.2, 0.25) is 0 Å². The minimum atomic E-state index is -5.74. The van der Waals surface area contributed by atoms with Crippen LogP contribution in [0.5, 0.6) is 0 Å². The number of benzene rings is 1. The summed E-state index contributed by atoms with van der Waals surface area (Å²) in [6.07, 6.45) is -14.9. The highest BCUT2D eigenvalue weighted by molar-refractivity contribution is 6.30. The molecular weight excluding hydrogens is 492 g/mol. The molecule has 0 spiro atoms. The van der Waals surface area contributed by atoms with Gasteiger partial charge in [-0.3, -0.25) is 4.90 Å². The largest absolute Gasteiger partial charge is 0.434 e. The first-order valence-corrected chi connectivity index (χ1v) is 11.3. The van der Waals surface area contributed by atoms with Crippen LogP contribution < -0.4 is 4.90 Å². The molecule has 1 aromatic rings. The van der Waals surface area contributed by atoms with Gasteiger partial charge in [-0.05, 0) is 30.5 Å². The van der Waals surface area contributed by atoms with E-state index in [4.69, 9.17) is 16.3 Å². The Morgan fingerprint density at radius 3 is 2.18 bits per heavy atom. The highest BCUT2D eigenvalue weighted by Gasteiger charge is 2.60. The molecule has 3 heterocycles. The summed E-state index contributed by atoms with van der Waals surface area (Å²) in [4.78, 5) is 17.1. The molecule has 0 N–H and O–H groups in total. The molecule has 190 valence electrons. The molecule has 1 amide bonds. The number of hydrogen-bond acceptors (Lipinski definition) is 5. The highest BCUT2D eigenvalue weighted by atomic mass is 35.5. The van der Waals surface area contributed by atoms with Crippen molar-refractivity contribution in [3.8, 4) is 0 Å². The lowest BCUT2D eigenvalue weighted by molar-refractivity contribution is -0.308. The lowest BCUT2D eigenvalue weighted by atomic mass is 10.1. The minimum Gasteiger partial charge on any atom is -0.426 e. The Morgan fingerprint density at radius 1 is 1.03 bits per heavy atom. The molecule has 3 saturated heterocycles. The SMILES string of the molecule is O=C(OC(C(F)(F)F)C(F)(F)F)N1CCN(Cc2ccc(Cl)cc2N2CC3CCC(C2)O3)CC1. The van der Waals surface area contributed by atoms with Crippen molar-refractivity contribution in [2.45, 2.75) is 50.1 Å². The minimum absolute atomic E-state index is 0.0497. The zero-order valence-electron chi connectivity index (χ0n) is 18.0. The van der Waals surface area contributed by atoms with E-state index < -0.39 is 24.5 Å². The average molecular weight is 516 g/mol. The molecule has 0 aromatic heterocycles. The number of morpholine rings is 1. The highest BCUT2D eigenvalue weighted by Crippen LogP contribution is 2.36. The zero-order valence-corrected chi connectivity index (χ0v) is 18.8. The van der Waals surface area contributed by atoms with Gasteiger partial charge in [-0.25, -0.2) is 4.79 Å². The first-order chi connectivity index (χ1) is 15.9. The van der Waals surface area contributed by atoms with Gasteiger partial charge in [0, 0.05) is 56.5 Å². The van der Waals surface area contributed by atoms with E-state index in [9.17, 15) is 31.1 Å². The number of hydrogen-bond donors (Lipinski definition) is 0. The second kappa shape index (κ2) is 9.62. The third kappa shape index (κ3) is 5.83. The van der Waals surface area contributed by atoms with Gasteiger partial charge in [-0.15, -0.1) is 0 Å². The van der Waals surface area contributed by atoms with Crippen molar-refractivity contribution in [2.75, 3.05) is 44.2 Å². The smallest absolute Gasteiger partial charge is 0.426 e. The predicted molar refractivity (Wildman–Crippen MR) is 111 cm³/mol. The van der Waals surface area contributed by atoms with E-state index >= 15 is 0 Å². The Bertz CT molecular complexity index is 865. The molecule has 3 aliphatic heterocycles. The number of ether oxygens (including phenoxy) is 2. The number of fused-ring (bicyclic) bond motifs is 2. The molecule has 0 radical (unpaired) electrons. The molecule has 2 unspecified atom stereocenters. The number of halogens is 7. The predicted octanol–water partition coefficient (Wildman–Crippen LogP) is 4.46. The lowest BCUT2D eigenvalue weighted by Crippen LogP contribution is -2.52. The third-order valence-corrected chi connectivity index (χ3v) is 6.50. The van der Waals surface area contributed by atoms with Gasteiger partial charge in [0.25, 0.3) is 6.10 Å². The number of carbonyl (C=O) groups is 1. The van der Waals surface area contributed by atoms with E-state index in [-0.39, 0.29) is 38.4 Å². The molecule has 6 nitrogen and oxygen atoms in total. The van der Waals surface area contributed by atoms with Crippen LogP contribution in [0.3, 0.4) is 0 Å². The quantitative estimate of drug-likeness (QED) is 0.554. The van der Waals surface area contributed by atoms with Gasteiger partial charge in [0.1, 0.15) is 0 Å². The first-order valence-electron chi connectivity index (χ1n) is 10.9. The summed E-state index contributed by atoms with van der Waals surface area (Å²) in [6, 6.07) is 5.58. The Kier molecular flexibility index (Phi) is 7.12. The molecule has 2 bridgehead atoms. The van der Waals surface area contributed by atoms with Gasteiger partial charge in [0.15, 0.2) is 0 Å². The van der Waals surface area contributed by atoms with Crippen LogP contribution in [0.1, 0.15) is 18.4 Å². The van der Waals surface area contributed by atoms with Gasteiger partial charge in [-0.2, -0.15) is 26.3 Å². The van der Waals surface area contributed by atoms with E-state index in [1.54, 1.807) is 6.07 Å². The van der Waals surface area contributed by atoms with Crippen LogP contribution >= 0.6 is 11.6 Å². The van der Waals surface area contributed by atoms with Crippen molar-refractivity contribution in [3.05, 3.63) is 28.8 Å². The Morgan fingerprint density at radius 2 is 1.62 bits per heavy atom. The van der Waals surface area contributed by atoms with Crippen molar-refractivity contribution in [3.63, 3.8) is 0 Å². The fraction of sp³-hybridized carbons (Fsp3) is 0.667. The summed E-state index contributed by atoms with van der Waals surface area (Å²) in [5.41, 5.74) is 1.98. The summed E-state index contributed by atoms with van der Waals surface area (Å²) in [6.45, 7) is 2.45. The van der Waals surface area contributed by atoms with E-state index in [1.165, 1.54) is 0 Å². The topological polar surface area (TPSA) is 45.2 Å². The van der Waals surface area contributed by atoms with Crippen LogP contribution in [0.25, 0.3) is 0 Å². The fourth-order valence-corrected chi connectivity index (χ4v) is 4.77. The summed E-state index contributed by atoms with van der Waals surface area (Å²) in [5, 5.41) is 0.592. The van der Waals surface area contributed by atoms with Gasteiger partial charge in [-0.1, -0.05) is 17.7 Å². The van der Waals surface area contributed by atoms with Crippen molar-refractivity contribution in [1.29, 1.82) is 0 Å². The van der Waals surface area contributed by atoms with Gasteiger partial charge < -0.3 is 19.3 Å².